The van der Waals surface area contributed by atoms with Gasteiger partial charge in [0.1, 0.15) is 4.90 Å². The Morgan fingerprint density at radius 1 is 1.47 bits per heavy atom. The van der Waals surface area contributed by atoms with Gasteiger partial charge in [-0.2, -0.15) is 4.31 Å². The Kier molecular flexibility index (Phi) is 3.49. The van der Waals surface area contributed by atoms with Crippen LogP contribution in [0.4, 0.5) is 5.69 Å². The van der Waals surface area contributed by atoms with Crippen molar-refractivity contribution in [2.75, 3.05) is 19.3 Å². The second-order valence-corrected chi connectivity index (χ2v) is 5.13. The molecule has 0 heterocycles. The van der Waals surface area contributed by atoms with Crippen LogP contribution in [0.5, 0.6) is 0 Å². The summed E-state index contributed by atoms with van der Waals surface area (Å²) in [6, 6.07) is 6.39. The van der Waals surface area contributed by atoms with E-state index in [1.807, 2.05) is 0 Å². The lowest BCUT2D eigenvalue weighted by Crippen LogP contribution is -2.27. The monoisotopic (exact) mass is 226 g/mol. The summed E-state index contributed by atoms with van der Waals surface area (Å²) in [7, 11) is -2.01. The van der Waals surface area contributed by atoms with Gasteiger partial charge in [-0.25, -0.2) is 8.42 Å². The number of nitrogen functional groups attached to an aromatic ring is 1. The van der Waals surface area contributed by atoms with Crippen LogP contribution in [-0.2, 0) is 10.0 Å². The smallest absolute Gasteiger partial charge is 0.245 e. The topological polar surface area (TPSA) is 63.4 Å². The molecule has 15 heavy (non-hydrogen) atoms. The number of para-hydroxylation sites is 1. The highest BCUT2D eigenvalue weighted by Gasteiger charge is 2.21. The average Bonchev–Trinajstić information content (AvgIpc) is 2.18. The first-order valence-corrected chi connectivity index (χ1v) is 5.86. The molecule has 0 aromatic heterocycles. The zero-order chi connectivity index (χ0) is 11.5. The van der Waals surface area contributed by atoms with Crippen molar-refractivity contribution in [2.24, 2.45) is 0 Å². The number of nitrogens with zero attached hydrogens (tertiary/aromatic N) is 1. The fourth-order valence-electron chi connectivity index (χ4n) is 1.16. The summed E-state index contributed by atoms with van der Waals surface area (Å²) in [5.74, 6) is 0. The van der Waals surface area contributed by atoms with Gasteiger partial charge in [0.15, 0.2) is 0 Å². The number of hydrogen-bond acceptors (Lipinski definition) is 3. The lowest BCUT2D eigenvalue weighted by Gasteiger charge is -2.16. The zero-order valence-corrected chi connectivity index (χ0v) is 9.37. The SMILES string of the molecule is C=CCN(C)S(=O)(=O)c1ccccc1N. The van der Waals surface area contributed by atoms with Crippen molar-refractivity contribution in [2.45, 2.75) is 4.90 Å². The predicted molar refractivity (Wildman–Crippen MR) is 60.9 cm³/mol. The zero-order valence-electron chi connectivity index (χ0n) is 8.55. The minimum Gasteiger partial charge on any atom is -0.398 e. The average molecular weight is 226 g/mol. The van der Waals surface area contributed by atoms with E-state index >= 15 is 0 Å². The van der Waals surface area contributed by atoms with E-state index in [0.717, 1.165) is 0 Å². The molecule has 1 aromatic carbocycles. The van der Waals surface area contributed by atoms with Crippen LogP contribution in [0.1, 0.15) is 0 Å². The van der Waals surface area contributed by atoms with Crippen LogP contribution in [0.15, 0.2) is 41.8 Å². The van der Waals surface area contributed by atoms with Crippen LogP contribution >= 0.6 is 0 Å². The summed E-state index contributed by atoms with van der Waals surface area (Å²) in [6.45, 7) is 3.75. The molecule has 0 aliphatic heterocycles. The van der Waals surface area contributed by atoms with E-state index in [4.69, 9.17) is 5.73 Å². The molecular formula is C10H14N2O2S. The molecule has 0 aliphatic rings. The largest absolute Gasteiger partial charge is 0.398 e. The molecule has 0 radical (unpaired) electrons. The van der Waals surface area contributed by atoms with Gasteiger partial charge in [0, 0.05) is 13.6 Å². The first-order chi connectivity index (χ1) is 7.00. The third-order valence-electron chi connectivity index (χ3n) is 1.99. The fraction of sp³-hybridized carbons (Fsp3) is 0.200. The van der Waals surface area contributed by atoms with E-state index in [0.29, 0.717) is 0 Å². The Morgan fingerprint density at radius 3 is 2.60 bits per heavy atom. The number of likely N-dealkylation sites (N-methyl/N-ethyl adjacent to an activating group) is 1. The van der Waals surface area contributed by atoms with Crippen molar-refractivity contribution < 1.29 is 8.42 Å². The van der Waals surface area contributed by atoms with Crippen LogP contribution < -0.4 is 5.73 Å². The number of nitrogens with two attached hydrogens (primary N) is 1. The van der Waals surface area contributed by atoms with Crippen LogP contribution in [0.3, 0.4) is 0 Å². The van der Waals surface area contributed by atoms with Crippen molar-refractivity contribution in [1.29, 1.82) is 0 Å². The second-order valence-electron chi connectivity index (χ2n) is 3.11. The van der Waals surface area contributed by atoms with Gasteiger partial charge in [0.2, 0.25) is 10.0 Å². The van der Waals surface area contributed by atoms with E-state index in [2.05, 4.69) is 6.58 Å². The molecule has 0 fully saturated rings. The Labute approximate surface area is 90.1 Å². The summed E-state index contributed by atoms with van der Waals surface area (Å²) >= 11 is 0. The predicted octanol–water partition coefficient (Wildman–Crippen LogP) is 1.08. The van der Waals surface area contributed by atoms with Gasteiger partial charge in [-0.15, -0.1) is 6.58 Å². The van der Waals surface area contributed by atoms with Gasteiger partial charge in [-0.1, -0.05) is 18.2 Å². The highest BCUT2D eigenvalue weighted by molar-refractivity contribution is 7.89. The third kappa shape index (κ3) is 2.37. The van der Waals surface area contributed by atoms with E-state index in [1.54, 1.807) is 18.2 Å². The van der Waals surface area contributed by atoms with Crippen molar-refractivity contribution in [3.05, 3.63) is 36.9 Å². The lowest BCUT2D eigenvalue weighted by atomic mass is 10.3. The van der Waals surface area contributed by atoms with Gasteiger partial charge in [0.05, 0.1) is 5.69 Å². The maximum Gasteiger partial charge on any atom is 0.245 e. The Hall–Kier alpha value is -1.33. The maximum absolute atomic E-state index is 11.9. The van der Waals surface area contributed by atoms with Crippen molar-refractivity contribution >= 4 is 15.7 Å². The molecule has 0 bridgehead atoms. The van der Waals surface area contributed by atoms with Crippen molar-refractivity contribution in [1.82, 2.24) is 4.31 Å². The fourth-order valence-corrected chi connectivity index (χ4v) is 2.42. The molecule has 0 saturated heterocycles. The summed E-state index contributed by atoms with van der Waals surface area (Å²) < 4.78 is 25.1. The quantitative estimate of drug-likeness (QED) is 0.617. The van der Waals surface area contributed by atoms with Crippen molar-refractivity contribution in [3.63, 3.8) is 0 Å². The van der Waals surface area contributed by atoms with E-state index in [-0.39, 0.29) is 17.1 Å². The van der Waals surface area contributed by atoms with Crippen molar-refractivity contribution in [3.8, 4) is 0 Å². The first kappa shape index (κ1) is 11.7. The molecule has 0 saturated carbocycles. The van der Waals surface area contributed by atoms with Gasteiger partial charge in [-0.3, -0.25) is 0 Å². The normalized spacial score (nSPS) is 11.6. The van der Waals surface area contributed by atoms with E-state index < -0.39 is 10.0 Å². The molecule has 0 atom stereocenters. The van der Waals surface area contributed by atoms with Gasteiger partial charge >= 0.3 is 0 Å². The molecule has 2 N–H and O–H groups in total. The Bertz CT molecular complexity index is 454. The van der Waals surface area contributed by atoms with Gasteiger partial charge in [0.25, 0.3) is 0 Å². The molecule has 0 aliphatic carbocycles. The standard InChI is InChI=1S/C10H14N2O2S/c1-3-8-12(2)15(13,14)10-7-5-4-6-9(10)11/h3-7H,1,8,11H2,2H3. The summed E-state index contributed by atoms with van der Waals surface area (Å²) in [6.07, 6.45) is 1.52. The summed E-state index contributed by atoms with van der Waals surface area (Å²) in [5, 5.41) is 0. The van der Waals surface area contributed by atoms with Gasteiger partial charge in [-0.05, 0) is 12.1 Å². The lowest BCUT2D eigenvalue weighted by molar-refractivity contribution is 0.500. The van der Waals surface area contributed by atoms with E-state index in [9.17, 15) is 8.42 Å². The van der Waals surface area contributed by atoms with E-state index in [1.165, 1.54) is 23.5 Å². The third-order valence-corrected chi connectivity index (χ3v) is 3.89. The highest BCUT2D eigenvalue weighted by Crippen LogP contribution is 2.20. The van der Waals surface area contributed by atoms with Crippen LogP contribution in [0.25, 0.3) is 0 Å². The number of sulfonamides is 1. The Balaban J connectivity index is 3.17. The van der Waals surface area contributed by atoms with Crippen LogP contribution in [0, 0.1) is 0 Å². The minimum atomic E-state index is -3.49. The molecule has 0 unspecified atom stereocenters. The first-order valence-electron chi connectivity index (χ1n) is 4.42. The molecular weight excluding hydrogens is 212 g/mol. The molecule has 1 aromatic rings. The number of rotatable bonds is 4. The summed E-state index contributed by atoms with van der Waals surface area (Å²) in [4.78, 5) is 0.134. The molecule has 4 nitrogen and oxygen atoms in total. The highest BCUT2D eigenvalue weighted by atomic mass is 32.2. The maximum atomic E-state index is 11.9. The Morgan fingerprint density at radius 2 is 2.07 bits per heavy atom. The van der Waals surface area contributed by atoms with Gasteiger partial charge < -0.3 is 5.73 Å². The molecule has 1 rings (SSSR count). The molecule has 0 amide bonds. The molecule has 5 heteroatoms. The number of benzene rings is 1. The van der Waals surface area contributed by atoms with Crippen LogP contribution in [-0.4, -0.2) is 26.3 Å². The van der Waals surface area contributed by atoms with Crippen LogP contribution in [0.2, 0.25) is 0 Å². The summed E-state index contributed by atoms with van der Waals surface area (Å²) in [5.41, 5.74) is 5.87. The minimum absolute atomic E-state index is 0.134. The second kappa shape index (κ2) is 4.46. The molecule has 0 spiro atoms. The molecule has 82 valence electrons. The number of anilines is 1. The number of hydrogen-bond donors (Lipinski definition) is 1.